The first-order chi connectivity index (χ1) is 15.3. The summed E-state index contributed by atoms with van der Waals surface area (Å²) in [5.74, 6) is 0.413. The number of aryl methyl sites for hydroxylation is 1. The van der Waals surface area contributed by atoms with Crippen molar-refractivity contribution in [2.75, 3.05) is 5.32 Å². The van der Waals surface area contributed by atoms with Crippen molar-refractivity contribution in [3.8, 4) is 0 Å². The summed E-state index contributed by atoms with van der Waals surface area (Å²) in [7, 11) is 1.84. The number of halogens is 1. The Morgan fingerprint density at radius 1 is 1.16 bits per heavy atom. The third-order valence-corrected chi connectivity index (χ3v) is 6.15. The fourth-order valence-electron chi connectivity index (χ4n) is 4.15. The summed E-state index contributed by atoms with van der Waals surface area (Å²) in [5, 5.41) is 12.8. The molecule has 0 radical (unpaired) electrons. The molecule has 4 aromatic rings. The van der Waals surface area contributed by atoms with Crippen LogP contribution in [0.2, 0.25) is 5.02 Å². The summed E-state index contributed by atoms with van der Waals surface area (Å²) < 4.78 is 1.73. The maximum Gasteiger partial charge on any atom is 0.258 e. The maximum atomic E-state index is 14.0. The molecule has 0 bridgehead atoms. The van der Waals surface area contributed by atoms with Gasteiger partial charge in [0.1, 0.15) is 5.69 Å². The van der Waals surface area contributed by atoms with Crippen LogP contribution in [-0.4, -0.2) is 26.9 Å². The summed E-state index contributed by atoms with van der Waals surface area (Å²) in [5.41, 5.74) is 1.19. The van der Waals surface area contributed by atoms with Crippen LogP contribution in [0.5, 0.6) is 0 Å². The molecule has 1 aliphatic rings. The van der Waals surface area contributed by atoms with E-state index in [0.717, 1.165) is 22.2 Å². The molecule has 7 nitrogen and oxygen atoms in total. The number of benzene rings is 2. The highest BCUT2D eigenvalue weighted by Gasteiger charge is 2.46. The molecule has 3 heterocycles. The van der Waals surface area contributed by atoms with Gasteiger partial charge in [-0.3, -0.25) is 9.48 Å². The van der Waals surface area contributed by atoms with Crippen LogP contribution in [0.4, 0.5) is 11.5 Å². The minimum atomic E-state index is -1.31. The molecular formula is C24H23ClN6O. The number of hydrogen-bond donors (Lipinski definition) is 3. The first kappa shape index (κ1) is 20.3. The molecule has 8 heteroatoms. The van der Waals surface area contributed by atoms with Crippen molar-refractivity contribution in [1.29, 1.82) is 0 Å². The highest BCUT2D eigenvalue weighted by atomic mass is 35.5. The predicted octanol–water partition coefficient (Wildman–Crippen LogP) is 4.63. The standard InChI is InChI=1S/C24H23ClN6O/c1-23(2,15-7-5-4-6-8-15)29-22(32)24(14-27-21-18(28-24)11-12-26-21)20-17-10-9-16(25)13-19(17)31(3)30-20/h4-14,26,28H,1-3H3,(H,29,32). The predicted molar refractivity (Wildman–Crippen MR) is 128 cm³/mol. The summed E-state index contributed by atoms with van der Waals surface area (Å²) in [6, 6.07) is 17.3. The van der Waals surface area contributed by atoms with Crippen molar-refractivity contribution < 1.29 is 4.79 Å². The van der Waals surface area contributed by atoms with Crippen LogP contribution in [0.15, 0.2) is 65.8 Å². The Labute approximate surface area is 190 Å². The number of aromatic amines is 1. The van der Waals surface area contributed by atoms with Crippen LogP contribution in [0.25, 0.3) is 10.9 Å². The van der Waals surface area contributed by atoms with Crippen LogP contribution in [0.3, 0.4) is 0 Å². The number of nitrogens with zero attached hydrogens (tertiary/aromatic N) is 3. The van der Waals surface area contributed by atoms with Crippen LogP contribution in [0, 0.1) is 0 Å². The van der Waals surface area contributed by atoms with Gasteiger partial charge in [0.25, 0.3) is 5.91 Å². The topological polar surface area (TPSA) is 87.1 Å². The average Bonchev–Trinajstić information content (AvgIpc) is 3.37. The maximum absolute atomic E-state index is 14.0. The number of aromatic nitrogens is 3. The van der Waals surface area contributed by atoms with E-state index in [2.05, 4.69) is 20.6 Å². The van der Waals surface area contributed by atoms with Crippen molar-refractivity contribution in [2.45, 2.75) is 24.9 Å². The molecule has 1 aliphatic heterocycles. The molecular weight excluding hydrogens is 424 g/mol. The molecule has 32 heavy (non-hydrogen) atoms. The van der Waals surface area contributed by atoms with E-state index in [0.29, 0.717) is 16.5 Å². The zero-order valence-electron chi connectivity index (χ0n) is 18.0. The molecule has 1 amide bonds. The summed E-state index contributed by atoms with van der Waals surface area (Å²) in [6.45, 7) is 3.96. The smallest absolute Gasteiger partial charge is 0.258 e. The number of hydrogen-bond acceptors (Lipinski definition) is 4. The van der Waals surface area contributed by atoms with Gasteiger partial charge in [-0.2, -0.15) is 5.10 Å². The third-order valence-electron chi connectivity index (χ3n) is 5.91. The van der Waals surface area contributed by atoms with Crippen molar-refractivity contribution in [1.82, 2.24) is 20.1 Å². The minimum Gasteiger partial charge on any atom is -0.359 e. The largest absolute Gasteiger partial charge is 0.359 e. The molecule has 162 valence electrons. The lowest BCUT2D eigenvalue weighted by atomic mass is 9.88. The highest BCUT2D eigenvalue weighted by molar-refractivity contribution is 6.31. The van der Waals surface area contributed by atoms with Gasteiger partial charge < -0.3 is 15.6 Å². The molecule has 0 fully saturated rings. The number of amides is 1. The number of carbonyl (C=O) groups is 1. The molecule has 0 aliphatic carbocycles. The van der Waals surface area contributed by atoms with Crippen molar-refractivity contribution in [3.05, 3.63) is 77.1 Å². The molecule has 1 unspecified atom stereocenters. The number of rotatable bonds is 4. The van der Waals surface area contributed by atoms with E-state index >= 15 is 0 Å². The number of carbonyl (C=O) groups excluding carboxylic acids is 1. The van der Waals surface area contributed by atoms with Crippen LogP contribution in [0.1, 0.15) is 25.1 Å². The van der Waals surface area contributed by atoms with Crippen molar-refractivity contribution in [3.63, 3.8) is 0 Å². The first-order valence-corrected chi connectivity index (χ1v) is 10.7. The minimum absolute atomic E-state index is 0.253. The second-order valence-corrected chi connectivity index (χ2v) is 8.95. The van der Waals surface area contributed by atoms with E-state index in [-0.39, 0.29) is 5.91 Å². The molecule has 1 atom stereocenters. The van der Waals surface area contributed by atoms with Gasteiger partial charge in [0, 0.05) is 29.9 Å². The Hall–Kier alpha value is -3.58. The molecule has 3 N–H and O–H groups in total. The van der Waals surface area contributed by atoms with Crippen molar-refractivity contribution in [2.24, 2.45) is 12.0 Å². The van der Waals surface area contributed by atoms with Gasteiger partial charge in [0.2, 0.25) is 0 Å². The lowest BCUT2D eigenvalue weighted by Gasteiger charge is -2.36. The van der Waals surface area contributed by atoms with Crippen LogP contribution in [-0.2, 0) is 22.9 Å². The second kappa shape index (κ2) is 7.24. The highest BCUT2D eigenvalue weighted by Crippen LogP contribution is 2.38. The summed E-state index contributed by atoms with van der Waals surface area (Å²) >= 11 is 6.22. The third kappa shape index (κ3) is 3.17. The lowest BCUT2D eigenvalue weighted by molar-refractivity contribution is -0.125. The molecule has 0 saturated heterocycles. The Kier molecular flexibility index (Phi) is 4.60. The Bertz CT molecular complexity index is 1350. The average molecular weight is 447 g/mol. The van der Waals surface area contributed by atoms with Gasteiger partial charge in [-0.25, -0.2) is 4.99 Å². The molecule has 2 aromatic heterocycles. The number of fused-ring (bicyclic) bond motifs is 2. The molecule has 2 aromatic carbocycles. The Morgan fingerprint density at radius 3 is 2.72 bits per heavy atom. The van der Waals surface area contributed by atoms with Gasteiger partial charge in [-0.1, -0.05) is 41.9 Å². The normalized spacial score (nSPS) is 17.8. The fraction of sp³-hybridized carbons (Fsp3) is 0.208. The zero-order valence-corrected chi connectivity index (χ0v) is 18.7. The number of H-pyrrole nitrogens is 1. The molecule has 0 spiro atoms. The van der Waals surface area contributed by atoms with Gasteiger partial charge in [0.15, 0.2) is 11.4 Å². The van der Waals surface area contributed by atoms with Gasteiger partial charge in [0.05, 0.1) is 16.7 Å². The number of nitrogens with one attached hydrogen (secondary N) is 3. The quantitative estimate of drug-likeness (QED) is 0.427. The van der Waals surface area contributed by atoms with E-state index in [1.807, 2.05) is 69.4 Å². The van der Waals surface area contributed by atoms with E-state index in [1.165, 1.54) is 0 Å². The first-order valence-electron chi connectivity index (χ1n) is 10.3. The SMILES string of the molecule is Cn1nc(C2(C(=O)NC(C)(C)c3ccccc3)C=Nc3[nH]ccc3N2)c2ccc(Cl)cc21. The fourth-order valence-corrected chi connectivity index (χ4v) is 4.32. The monoisotopic (exact) mass is 446 g/mol. The van der Waals surface area contributed by atoms with Gasteiger partial charge in [-0.15, -0.1) is 0 Å². The van der Waals surface area contributed by atoms with E-state index in [9.17, 15) is 4.79 Å². The second-order valence-electron chi connectivity index (χ2n) is 8.51. The van der Waals surface area contributed by atoms with Gasteiger partial charge >= 0.3 is 0 Å². The van der Waals surface area contributed by atoms with E-state index < -0.39 is 11.1 Å². The number of anilines is 1. The van der Waals surface area contributed by atoms with E-state index in [4.69, 9.17) is 16.7 Å². The van der Waals surface area contributed by atoms with Crippen molar-refractivity contribution >= 4 is 46.1 Å². The van der Waals surface area contributed by atoms with Gasteiger partial charge in [-0.05, 0) is 43.7 Å². The summed E-state index contributed by atoms with van der Waals surface area (Å²) in [6.07, 6.45) is 3.41. The zero-order chi connectivity index (χ0) is 22.5. The summed E-state index contributed by atoms with van der Waals surface area (Å²) in [4.78, 5) is 21.6. The Balaban J connectivity index is 1.65. The molecule has 5 rings (SSSR count). The Morgan fingerprint density at radius 2 is 1.94 bits per heavy atom. The van der Waals surface area contributed by atoms with Crippen LogP contribution >= 0.6 is 11.6 Å². The molecule has 0 saturated carbocycles. The lowest BCUT2D eigenvalue weighted by Crippen LogP contribution is -2.56. The van der Waals surface area contributed by atoms with E-state index in [1.54, 1.807) is 23.2 Å². The van der Waals surface area contributed by atoms with Crippen LogP contribution < -0.4 is 10.6 Å². The number of aliphatic imine (C=N–C) groups is 1.